The van der Waals surface area contributed by atoms with E-state index in [0.717, 1.165) is 12.1 Å². The number of halogens is 4. The molecular formula is C13H8ClF3N4. The van der Waals surface area contributed by atoms with Crippen molar-refractivity contribution in [3.05, 3.63) is 53.1 Å². The third kappa shape index (κ3) is 2.69. The minimum atomic E-state index is -4.41. The molecule has 2 aromatic heterocycles. The van der Waals surface area contributed by atoms with Gasteiger partial charge in [-0.25, -0.2) is 15.0 Å². The standard InChI is InChI=1S/C13H8ClF3N4/c14-10-5-9(13(15,16)17)2-1-8(10)6-21-7-20-11-12(21)19-4-3-18-11/h1-5,7H,6H2. The highest BCUT2D eigenvalue weighted by Crippen LogP contribution is 2.32. The van der Waals surface area contributed by atoms with E-state index in [-0.39, 0.29) is 11.6 Å². The fraction of sp³-hybridized carbons (Fsp3) is 0.154. The highest BCUT2D eigenvalue weighted by molar-refractivity contribution is 6.31. The molecule has 0 amide bonds. The molecule has 0 N–H and O–H groups in total. The second-order valence-electron chi connectivity index (χ2n) is 4.38. The molecule has 0 fully saturated rings. The van der Waals surface area contributed by atoms with Gasteiger partial charge in [-0.2, -0.15) is 13.2 Å². The van der Waals surface area contributed by atoms with E-state index in [2.05, 4.69) is 15.0 Å². The third-order valence-electron chi connectivity index (χ3n) is 2.97. The van der Waals surface area contributed by atoms with Crippen molar-refractivity contribution in [1.29, 1.82) is 0 Å². The SMILES string of the molecule is FC(F)(F)c1ccc(Cn2cnc3nccnc32)c(Cl)c1. The Balaban J connectivity index is 1.95. The van der Waals surface area contributed by atoms with Crippen LogP contribution in [-0.2, 0) is 12.7 Å². The van der Waals surface area contributed by atoms with Crippen molar-refractivity contribution in [2.24, 2.45) is 0 Å². The first-order valence-electron chi connectivity index (χ1n) is 5.92. The minimum Gasteiger partial charge on any atom is -0.309 e. The van der Waals surface area contributed by atoms with Crippen molar-refractivity contribution in [3.8, 4) is 0 Å². The van der Waals surface area contributed by atoms with Crippen LogP contribution in [0.4, 0.5) is 13.2 Å². The van der Waals surface area contributed by atoms with E-state index >= 15 is 0 Å². The molecule has 0 aliphatic rings. The fourth-order valence-corrected chi connectivity index (χ4v) is 2.19. The number of hydrogen-bond acceptors (Lipinski definition) is 3. The smallest absolute Gasteiger partial charge is 0.309 e. The van der Waals surface area contributed by atoms with Crippen LogP contribution < -0.4 is 0 Å². The Morgan fingerprint density at radius 3 is 2.57 bits per heavy atom. The topological polar surface area (TPSA) is 43.6 Å². The number of rotatable bonds is 2. The zero-order valence-corrected chi connectivity index (χ0v) is 11.2. The van der Waals surface area contributed by atoms with Crippen molar-refractivity contribution in [1.82, 2.24) is 19.5 Å². The maximum atomic E-state index is 12.6. The second kappa shape index (κ2) is 5.00. The van der Waals surface area contributed by atoms with Crippen LogP contribution in [-0.4, -0.2) is 19.5 Å². The Morgan fingerprint density at radius 2 is 1.86 bits per heavy atom. The van der Waals surface area contributed by atoms with Crippen LogP contribution in [0.5, 0.6) is 0 Å². The average molecular weight is 313 g/mol. The van der Waals surface area contributed by atoms with Crippen LogP contribution in [0, 0.1) is 0 Å². The van der Waals surface area contributed by atoms with Gasteiger partial charge in [-0.3, -0.25) is 0 Å². The van der Waals surface area contributed by atoms with Crippen LogP contribution >= 0.6 is 11.6 Å². The molecule has 4 nitrogen and oxygen atoms in total. The molecule has 3 rings (SSSR count). The zero-order chi connectivity index (χ0) is 15.0. The number of benzene rings is 1. The molecule has 0 saturated carbocycles. The van der Waals surface area contributed by atoms with Gasteiger partial charge < -0.3 is 4.57 Å². The van der Waals surface area contributed by atoms with Crippen molar-refractivity contribution in [2.75, 3.05) is 0 Å². The Kier molecular flexibility index (Phi) is 3.29. The largest absolute Gasteiger partial charge is 0.416 e. The van der Waals surface area contributed by atoms with E-state index in [1.54, 1.807) is 4.57 Å². The monoisotopic (exact) mass is 312 g/mol. The van der Waals surface area contributed by atoms with E-state index in [9.17, 15) is 13.2 Å². The van der Waals surface area contributed by atoms with Gasteiger partial charge in [-0.05, 0) is 17.7 Å². The quantitative estimate of drug-likeness (QED) is 0.727. The number of fused-ring (bicyclic) bond motifs is 1. The predicted molar refractivity (Wildman–Crippen MR) is 70.9 cm³/mol. The summed E-state index contributed by atoms with van der Waals surface area (Å²) in [7, 11) is 0. The molecule has 0 atom stereocenters. The molecule has 1 aromatic carbocycles. The van der Waals surface area contributed by atoms with E-state index < -0.39 is 11.7 Å². The lowest BCUT2D eigenvalue weighted by Gasteiger charge is -2.10. The number of imidazole rings is 1. The fourth-order valence-electron chi connectivity index (χ4n) is 1.95. The van der Waals surface area contributed by atoms with Gasteiger partial charge in [0.1, 0.15) is 0 Å². The van der Waals surface area contributed by atoms with Gasteiger partial charge in [0.05, 0.1) is 18.4 Å². The Bertz CT molecular complexity index is 797. The van der Waals surface area contributed by atoms with Crippen LogP contribution in [0.25, 0.3) is 11.3 Å². The van der Waals surface area contributed by atoms with Gasteiger partial charge in [0.15, 0.2) is 11.3 Å². The summed E-state index contributed by atoms with van der Waals surface area (Å²) in [6, 6.07) is 3.28. The molecule has 0 spiro atoms. The summed E-state index contributed by atoms with van der Waals surface area (Å²) in [6.45, 7) is 0.270. The number of nitrogens with zero attached hydrogens (tertiary/aromatic N) is 4. The van der Waals surface area contributed by atoms with Crippen LogP contribution in [0.3, 0.4) is 0 Å². The summed E-state index contributed by atoms with van der Waals surface area (Å²) in [5.74, 6) is 0. The summed E-state index contributed by atoms with van der Waals surface area (Å²) in [5.41, 5.74) is 0.801. The number of hydrogen-bond donors (Lipinski definition) is 0. The van der Waals surface area contributed by atoms with Crippen LogP contribution in [0.15, 0.2) is 36.9 Å². The first-order valence-corrected chi connectivity index (χ1v) is 6.30. The summed E-state index contributed by atoms with van der Waals surface area (Å²) < 4.78 is 39.5. The summed E-state index contributed by atoms with van der Waals surface area (Å²) in [5, 5.41) is 0.0514. The highest BCUT2D eigenvalue weighted by Gasteiger charge is 2.30. The summed E-state index contributed by atoms with van der Waals surface area (Å²) >= 11 is 5.93. The van der Waals surface area contributed by atoms with Gasteiger partial charge in [-0.1, -0.05) is 17.7 Å². The zero-order valence-electron chi connectivity index (χ0n) is 10.5. The maximum absolute atomic E-state index is 12.6. The number of alkyl halides is 3. The highest BCUT2D eigenvalue weighted by atomic mass is 35.5. The number of aromatic nitrogens is 4. The molecule has 0 aliphatic carbocycles. The minimum absolute atomic E-state index is 0.0514. The van der Waals surface area contributed by atoms with Gasteiger partial charge >= 0.3 is 6.18 Å². The molecular weight excluding hydrogens is 305 g/mol. The van der Waals surface area contributed by atoms with E-state index in [1.807, 2.05) is 0 Å². The normalized spacial score (nSPS) is 12.0. The van der Waals surface area contributed by atoms with Crippen LogP contribution in [0.2, 0.25) is 5.02 Å². The van der Waals surface area contributed by atoms with Crippen molar-refractivity contribution in [2.45, 2.75) is 12.7 Å². The molecule has 0 radical (unpaired) electrons. The lowest BCUT2D eigenvalue weighted by Crippen LogP contribution is -2.06. The molecule has 3 aromatic rings. The van der Waals surface area contributed by atoms with Crippen molar-refractivity contribution >= 4 is 22.9 Å². The molecule has 0 unspecified atom stereocenters. The molecule has 21 heavy (non-hydrogen) atoms. The Hall–Kier alpha value is -2.15. The van der Waals surface area contributed by atoms with E-state index in [0.29, 0.717) is 16.9 Å². The van der Waals surface area contributed by atoms with Gasteiger partial charge in [0.25, 0.3) is 0 Å². The molecule has 0 bridgehead atoms. The predicted octanol–water partition coefficient (Wildman–Crippen LogP) is 3.55. The molecule has 0 aliphatic heterocycles. The first kappa shape index (κ1) is 13.8. The summed E-state index contributed by atoms with van der Waals surface area (Å²) in [4.78, 5) is 12.2. The second-order valence-corrected chi connectivity index (χ2v) is 4.79. The summed E-state index contributed by atoms with van der Waals surface area (Å²) in [6.07, 6.45) is 0.160. The average Bonchev–Trinajstić information content (AvgIpc) is 2.83. The third-order valence-corrected chi connectivity index (χ3v) is 3.32. The lowest BCUT2D eigenvalue weighted by atomic mass is 10.1. The molecule has 0 saturated heterocycles. The van der Waals surface area contributed by atoms with Crippen molar-refractivity contribution < 1.29 is 13.2 Å². The van der Waals surface area contributed by atoms with Crippen molar-refractivity contribution in [3.63, 3.8) is 0 Å². The van der Waals surface area contributed by atoms with Gasteiger partial charge in [0.2, 0.25) is 0 Å². The van der Waals surface area contributed by atoms with Crippen LogP contribution in [0.1, 0.15) is 11.1 Å². The van der Waals surface area contributed by atoms with E-state index in [1.165, 1.54) is 24.8 Å². The van der Waals surface area contributed by atoms with Gasteiger partial charge in [0, 0.05) is 17.4 Å². The first-order chi connectivity index (χ1) is 9.95. The lowest BCUT2D eigenvalue weighted by molar-refractivity contribution is -0.137. The maximum Gasteiger partial charge on any atom is 0.416 e. The van der Waals surface area contributed by atoms with Gasteiger partial charge in [-0.15, -0.1) is 0 Å². The molecule has 2 heterocycles. The molecule has 8 heteroatoms. The molecule has 108 valence electrons. The Morgan fingerprint density at radius 1 is 1.10 bits per heavy atom. The van der Waals surface area contributed by atoms with E-state index in [4.69, 9.17) is 11.6 Å². The Labute approximate surface area is 122 Å².